The molecule has 4 aromatic heterocycles. The molecule has 0 radical (unpaired) electrons. The number of carbonyl (C=O) groups excluding carboxylic acids is 2. The molecule has 0 aliphatic carbocycles. The molecule has 0 saturated carbocycles. The Morgan fingerprint density at radius 1 is 0.706 bits per heavy atom. The number of esters is 2. The molecule has 4 aliphatic heterocycles. The Kier molecular flexibility index (Phi) is 14.2. The van der Waals surface area contributed by atoms with E-state index in [0.717, 1.165) is 0 Å². The third kappa shape index (κ3) is 9.72. The number of halogens is 2. The van der Waals surface area contributed by atoms with Crippen molar-refractivity contribution in [1.29, 1.82) is 0 Å². The molecule has 26 nitrogen and oxygen atoms in total. The Morgan fingerprint density at radius 2 is 1.07 bits per heavy atom. The summed E-state index contributed by atoms with van der Waals surface area (Å²) >= 11 is 0. The zero-order valence-electron chi connectivity index (χ0n) is 39.0. The second-order valence-corrected chi connectivity index (χ2v) is 20.6. The van der Waals surface area contributed by atoms with Crippen LogP contribution in [0.1, 0.15) is 81.7 Å². The molecule has 6 N–H and O–H groups in total. The Morgan fingerprint density at radius 3 is 1.41 bits per heavy atom. The Balaban J connectivity index is 0.000000201. The van der Waals surface area contributed by atoms with E-state index in [9.17, 15) is 18.7 Å². The third-order valence-electron chi connectivity index (χ3n) is 11.0. The monoisotopic (exact) mass is 1000 g/mol. The minimum atomic E-state index is -4.10. The normalized spacial score (nSPS) is 31.4. The topological polar surface area (TPSA) is 324 Å². The van der Waals surface area contributed by atoms with Crippen LogP contribution in [-0.4, -0.2) is 137 Å². The maximum Gasteiger partial charge on any atom is 0.407 e. The van der Waals surface area contributed by atoms with E-state index in [1.807, 2.05) is 0 Å². The van der Waals surface area contributed by atoms with Crippen molar-refractivity contribution in [1.82, 2.24) is 49.2 Å². The number of nitrogens with two attached hydrogens (primary N) is 2. The van der Waals surface area contributed by atoms with E-state index in [1.54, 1.807) is 27.7 Å². The number of nitrogens with zero attached hydrogens (tertiary/aromatic N) is 8. The summed E-state index contributed by atoms with van der Waals surface area (Å²) in [5.41, 5.74) is 5.37. The molecule has 10 atom stereocenters. The van der Waals surface area contributed by atoms with Crippen LogP contribution < -0.4 is 31.1 Å². The molecule has 4 fully saturated rings. The highest BCUT2D eigenvalue weighted by Crippen LogP contribution is 2.59. The molecule has 0 spiro atoms. The molecular weight excluding hydrogens is 948 g/mol. The largest absolute Gasteiger partial charge is 0.476 e. The molecule has 8 rings (SSSR count). The molecule has 8 heterocycles. The van der Waals surface area contributed by atoms with Gasteiger partial charge in [-0.3, -0.25) is 36.8 Å². The molecule has 68 heavy (non-hydrogen) atoms. The van der Waals surface area contributed by atoms with Crippen LogP contribution in [0.2, 0.25) is 0 Å². The number of carbonyl (C=O) groups is 2. The van der Waals surface area contributed by atoms with Gasteiger partial charge in [-0.2, -0.15) is 19.9 Å². The number of aromatic nitrogens is 8. The predicted molar refractivity (Wildman–Crippen MR) is 233 cm³/mol. The molecule has 0 bridgehead atoms. The second-order valence-electron chi connectivity index (χ2n) is 17.2. The highest BCUT2D eigenvalue weighted by molar-refractivity contribution is 7.52. The highest BCUT2D eigenvalue weighted by Gasteiger charge is 2.63. The van der Waals surface area contributed by atoms with Crippen molar-refractivity contribution in [3.8, 4) is 11.8 Å². The number of imidazole rings is 2. The first kappa shape index (κ1) is 51.1. The molecule has 4 aliphatic rings. The Labute approximate surface area is 388 Å². The molecule has 4 aromatic rings. The van der Waals surface area contributed by atoms with E-state index < -0.39 is 86.7 Å². The molecular formula is C38H56F2N12O14P2. The van der Waals surface area contributed by atoms with Crippen molar-refractivity contribution < 1.29 is 74.0 Å². The van der Waals surface area contributed by atoms with Crippen molar-refractivity contribution >= 4 is 61.7 Å². The van der Waals surface area contributed by atoms with Gasteiger partial charge in [0.05, 0.1) is 52.3 Å². The first-order chi connectivity index (χ1) is 31.8. The van der Waals surface area contributed by atoms with Crippen molar-refractivity contribution in [2.75, 3.05) is 51.1 Å². The highest BCUT2D eigenvalue weighted by atomic mass is 31.2. The number of nitrogens with one attached hydrogen (secondary N) is 2. The number of alkyl halides is 2. The summed E-state index contributed by atoms with van der Waals surface area (Å²) in [6.45, 7) is 15.6. The number of hydrogen-bond acceptors (Lipinski definition) is 22. The van der Waals surface area contributed by atoms with Gasteiger partial charge in [-0.1, -0.05) is 0 Å². The lowest BCUT2D eigenvalue weighted by atomic mass is 9.98. The zero-order chi connectivity index (χ0) is 49.8. The summed E-state index contributed by atoms with van der Waals surface area (Å²) in [6, 6.07) is 0. The van der Waals surface area contributed by atoms with Gasteiger partial charge in [0.1, 0.15) is 35.5 Å². The van der Waals surface area contributed by atoms with Gasteiger partial charge in [0.25, 0.3) is 0 Å². The SMILES string of the molecule is CCOC(=O)C(C)(C)NP1(=O)OC[C@H]2O[C@@H](n3cnc4c(OCC)nc(N)nc43)[C@](C)(F)[C@@H]2O1.CCOC(=O)C(C)(C)NP1(=O)OC[C@H]2O[C@@H](n3cnc4c(OCC)nc(N)nc43)[C@](C)(F)[C@@H]2O1. The van der Waals surface area contributed by atoms with Crippen LogP contribution >= 0.6 is 15.5 Å². The summed E-state index contributed by atoms with van der Waals surface area (Å²) in [4.78, 5) is 49.3. The van der Waals surface area contributed by atoms with Gasteiger partial charge in [-0.25, -0.2) is 38.1 Å². The van der Waals surface area contributed by atoms with Gasteiger partial charge in [0.15, 0.2) is 46.1 Å². The van der Waals surface area contributed by atoms with Gasteiger partial charge < -0.3 is 39.9 Å². The van der Waals surface area contributed by atoms with Crippen molar-refractivity contribution in [2.45, 2.75) is 129 Å². The van der Waals surface area contributed by atoms with E-state index >= 15 is 8.78 Å². The molecule has 2 unspecified atom stereocenters. The van der Waals surface area contributed by atoms with Crippen LogP contribution in [0.15, 0.2) is 12.7 Å². The number of nitrogen functional groups attached to an aromatic ring is 2. The summed E-state index contributed by atoms with van der Waals surface area (Å²) in [5.74, 6) is -1.15. The second kappa shape index (κ2) is 18.9. The fraction of sp³-hybridized carbons (Fsp3) is 0.684. The molecule has 376 valence electrons. The van der Waals surface area contributed by atoms with Crippen molar-refractivity contribution in [3.63, 3.8) is 0 Å². The first-order valence-corrected chi connectivity index (χ1v) is 24.7. The number of hydrogen-bond donors (Lipinski definition) is 4. The number of rotatable bonds is 14. The Bertz CT molecular complexity index is 2460. The van der Waals surface area contributed by atoms with Crippen LogP contribution in [0.3, 0.4) is 0 Å². The predicted octanol–water partition coefficient (Wildman–Crippen LogP) is 3.78. The summed E-state index contributed by atoms with van der Waals surface area (Å²) in [6.07, 6.45) is -4.20. The number of fused-ring (bicyclic) bond motifs is 4. The van der Waals surface area contributed by atoms with Gasteiger partial charge in [-0.05, 0) is 69.2 Å². The summed E-state index contributed by atoms with van der Waals surface area (Å²) < 4.78 is 116. The zero-order valence-corrected chi connectivity index (χ0v) is 40.7. The Hall–Kier alpha value is -4.76. The maximum atomic E-state index is 16.2. The van der Waals surface area contributed by atoms with E-state index in [1.165, 1.54) is 63.3 Å². The summed E-state index contributed by atoms with van der Waals surface area (Å²) in [5, 5.41) is 5.11. The van der Waals surface area contributed by atoms with Crippen LogP contribution in [0.5, 0.6) is 11.8 Å². The number of anilines is 2. The van der Waals surface area contributed by atoms with Crippen molar-refractivity contribution in [2.24, 2.45) is 0 Å². The first-order valence-electron chi connectivity index (χ1n) is 21.6. The van der Waals surface area contributed by atoms with Gasteiger partial charge in [0, 0.05) is 0 Å². The molecule has 30 heteroatoms. The lowest BCUT2D eigenvalue weighted by Crippen LogP contribution is -2.51. The van der Waals surface area contributed by atoms with Crippen LogP contribution in [0.25, 0.3) is 22.3 Å². The average molecular weight is 1000 g/mol. The minimum Gasteiger partial charge on any atom is -0.476 e. The lowest BCUT2D eigenvalue weighted by molar-refractivity contribution is -0.150. The van der Waals surface area contributed by atoms with Gasteiger partial charge in [0.2, 0.25) is 23.7 Å². The van der Waals surface area contributed by atoms with E-state index in [4.69, 9.17) is 58.0 Å². The maximum absolute atomic E-state index is 16.2. The van der Waals surface area contributed by atoms with Gasteiger partial charge >= 0.3 is 27.4 Å². The molecule has 4 saturated heterocycles. The van der Waals surface area contributed by atoms with Crippen molar-refractivity contribution in [3.05, 3.63) is 12.7 Å². The van der Waals surface area contributed by atoms with Crippen LogP contribution in [0, 0.1) is 0 Å². The molecule has 0 amide bonds. The average Bonchev–Trinajstić information content (AvgIpc) is 3.98. The fourth-order valence-corrected chi connectivity index (χ4v) is 11.7. The van der Waals surface area contributed by atoms with Crippen LogP contribution in [-0.2, 0) is 55.8 Å². The van der Waals surface area contributed by atoms with E-state index in [0.29, 0.717) is 13.2 Å². The van der Waals surface area contributed by atoms with Crippen LogP contribution in [0.4, 0.5) is 20.7 Å². The number of ether oxygens (including phenoxy) is 6. The fourth-order valence-electron chi connectivity index (χ4n) is 7.87. The minimum absolute atomic E-state index is 0.0804. The van der Waals surface area contributed by atoms with E-state index in [2.05, 4.69) is 40.1 Å². The third-order valence-corrected chi connectivity index (χ3v) is 14.6. The smallest absolute Gasteiger partial charge is 0.407 e. The van der Waals surface area contributed by atoms with E-state index in [-0.39, 0.29) is 72.4 Å². The standard InChI is InChI=1S/2C19H28FN6O7P/c2*1-6-29-14-11-13(23-17(21)24-14)26(9-22-11)15-19(5,20)12-10(32-15)8-31-34(28,33-12)25-18(3,4)16(27)30-7-2/h2*9-10,12,15H,6-8H2,1-5H3,(H,25,28)(H2,21,23,24)/t2*10-,12-,15-,19-,34?/m11/s1. The molecule has 0 aromatic carbocycles. The lowest BCUT2D eigenvalue weighted by Gasteiger charge is -2.37. The quantitative estimate of drug-likeness (QED) is 0.103. The summed E-state index contributed by atoms with van der Waals surface area (Å²) in [7, 11) is -8.20. The van der Waals surface area contributed by atoms with Gasteiger partial charge in [-0.15, -0.1) is 0 Å².